The summed E-state index contributed by atoms with van der Waals surface area (Å²) in [6.45, 7) is 2.46. The van der Waals surface area contributed by atoms with Gasteiger partial charge in [0.1, 0.15) is 23.6 Å². The minimum atomic E-state index is 0.101. The summed E-state index contributed by atoms with van der Waals surface area (Å²) in [6, 6.07) is 9.26. The lowest BCUT2D eigenvalue weighted by molar-refractivity contribution is 0.296. The lowest BCUT2D eigenvalue weighted by Crippen LogP contribution is -2.50. The lowest BCUT2D eigenvalue weighted by atomic mass is 9.91. The molecule has 34 heavy (non-hydrogen) atoms. The first-order chi connectivity index (χ1) is 16.5. The minimum Gasteiger partial charge on any atom is -0.508 e. The summed E-state index contributed by atoms with van der Waals surface area (Å²) in [5.74, 6) is 0.473. The second kappa shape index (κ2) is 7.83. The van der Waals surface area contributed by atoms with Gasteiger partial charge in [0.2, 0.25) is 0 Å². The number of phenolic OH excluding ortho intramolecular Hbond substituents is 1. The highest BCUT2D eigenvalue weighted by Gasteiger charge is 2.25. The van der Waals surface area contributed by atoms with Gasteiger partial charge in [-0.3, -0.25) is 4.79 Å². The van der Waals surface area contributed by atoms with E-state index in [1.807, 2.05) is 10.6 Å². The van der Waals surface area contributed by atoms with E-state index >= 15 is 0 Å². The molecular formula is C26H26N6O2. The Bertz CT molecular complexity index is 1630. The number of nitrogens with zero attached hydrogens (tertiary/aromatic N) is 5. The Morgan fingerprint density at radius 1 is 1.21 bits per heavy atom. The summed E-state index contributed by atoms with van der Waals surface area (Å²) in [7, 11) is 0. The molecule has 0 unspecified atom stereocenters. The van der Waals surface area contributed by atoms with Crippen molar-refractivity contribution in [3.63, 3.8) is 0 Å². The lowest BCUT2D eigenvalue weighted by Gasteiger charge is -2.30. The SMILES string of the molecule is CC1=c2c(cc(Cn3nc(-c4cccc(O)c4)c4c(N)ncnc43)n(C3CCC3)c2=O)=CCC1. The summed E-state index contributed by atoms with van der Waals surface area (Å²) in [6.07, 6.45) is 8.63. The van der Waals surface area contributed by atoms with Crippen molar-refractivity contribution >= 4 is 28.5 Å². The van der Waals surface area contributed by atoms with E-state index in [-0.39, 0.29) is 17.4 Å². The van der Waals surface area contributed by atoms with Crippen LogP contribution in [0.15, 0.2) is 41.5 Å². The van der Waals surface area contributed by atoms with E-state index in [0.29, 0.717) is 29.1 Å². The van der Waals surface area contributed by atoms with Crippen LogP contribution in [0.2, 0.25) is 0 Å². The predicted octanol–water partition coefficient (Wildman–Crippen LogP) is 2.46. The average molecular weight is 455 g/mol. The fourth-order valence-electron chi connectivity index (χ4n) is 5.17. The summed E-state index contributed by atoms with van der Waals surface area (Å²) in [5, 5.41) is 17.4. The number of hydrogen-bond acceptors (Lipinski definition) is 6. The number of pyridine rings is 1. The molecule has 1 saturated carbocycles. The van der Waals surface area contributed by atoms with Gasteiger partial charge in [-0.2, -0.15) is 5.10 Å². The van der Waals surface area contributed by atoms with E-state index in [0.717, 1.165) is 53.8 Å². The van der Waals surface area contributed by atoms with Crippen LogP contribution >= 0.6 is 0 Å². The van der Waals surface area contributed by atoms with Crippen LogP contribution in [-0.2, 0) is 6.54 Å². The minimum absolute atomic E-state index is 0.101. The van der Waals surface area contributed by atoms with Crippen molar-refractivity contribution in [1.82, 2.24) is 24.3 Å². The molecule has 4 aromatic rings. The maximum absolute atomic E-state index is 13.7. The van der Waals surface area contributed by atoms with Gasteiger partial charge in [0, 0.05) is 22.5 Å². The summed E-state index contributed by atoms with van der Waals surface area (Å²) >= 11 is 0. The molecule has 2 aliphatic rings. The highest BCUT2D eigenvalue weighted by atomic mass is 16.3. The predicted molar refractivity (Wildman–Crippen MR) is 132 cm³/mol. The Morgan fingerprint density at radius 3 is 2.82 bits per heavy atom. The van der Waals surface area contributed by atoms with Gasteiger partial charge >= 0.3 is 0 Å². The van der Waals surface area contributed by atoms with Crippen LogP contribution in [0.1, 0.15) is 50.8 Å². The molecule has 172 valence electrons. The Hall–Kier alpha value is -3.94. The van der Waals surface area contributed by atoms with Crippen LogP contribution in [0.25, 0.3) is 33.9 Å². The standard InChI is InChI=1S/C26H26N6O2/c1-15-5-2-6-16-11-19(32(18-8-4-9-18)26(34)21(15)16)13-31-25-22(24(27)28-14-29-25)23(30-31)17-7-3-10-20(33)12-17/h3,6-7,10-12,14,18,33H,2,4-5,8-9,13H2,1H3,(H2,27,28,29). The van der Waals surface area contributed by atoms with Gasteiger partial charge in [-0.05, 0) is 62.4 Å². The van der Waals surface area contributed by atoms with Crippen molar-refractivity contribution in [2.45, 2.75) is 51.6 Å². The molecule has 0 saturated heterocycles. The molecule has 0 radical (unpaired) electrons. The molecule has 0 bridgehead atoms. The zero-order chi connectivity index (χ0) is 23.4. The first-order valence-corrected chi connectivity index (χ1v) is 11.7. The van der Waals surface area contributed by atoms with Gasteiger partial charge in [-0.15, -0.1) is 0 Å². The molecule has 0 spiro atoms. The van der Waals surface area contributed by atoms with E-state index in [1.54, 1.807) is 22.9 Å². The molecule has 0 amide bonds. The van der Waals surface area contributed by atoms with Crippen LogP contribution in [-0.4, -0.2) is 29.4 Å². The average Bonchev–Trinajstić information content (AvgIpc) is 3.15. The number of fused-ring (bicyclic) bond motifs is 2. The topological polar surface area (TPSA) is 112 Å². The number of aromatic nitrogens is 5. The molecule has 3 aromatic heterocycles. The van der Waals surface area contributed by atoms with Gasteiger partial charge in [0.05, 0.1) is 11.9 Å². The normalized spacial score (nSPS) is 15.7. The highest BCUT2D eigenvalue weighted by molar-refractivity contribution is 5.98. The Morgan fingerprint density at radius 2 is 2.06 bits per heavy atom. The van der Waals surface area contributed by atoms with Gasteiger partial charge in [-0.1, -0.05) is 23.8 Å². The number of aromatic hydroxyl groups is 1. The van der Waals surface area contributed by atoms with Crippen molar-refractivity contribution < 1.29 is 5.11 Å². The van der Waals surface area contributed by atoms with Crippen LogP contribution in [0, 0.1) is 0 Å². The van der Waals surface area contributed by atoms with E-state index in [2.05, 4.69) is 29.0 Å². The Labute approximate surface area is 195 Å². The van der Waals surface area contributed by atoms with Crippen LogP contribution in [0.5, 0.6) is 5.75 Å². The zero-order valence-electron chi connectivity index (χ0n) is 19.0. The molecule has 8 heteroatoms. The third-order valence-electron chi connectivity index (χ3n) is 7.09. The van der Waals surface area contributed by atoms with Gasteiger partial charge in [0.15, 0.2) is 5.65 Å². The zero-order valence-corrected chi connectivity index (χ0v) is 19.0. The first kappa shape index (κ1) is 20.7. The fraction of sp³-hybridized carbons (Fsp3) is 0.308. The molecule has 6 rings (SSSR count). The third-order valence-corrected chi connectivity index (χ3v) is 7.09. The molecule has 0 atom stereocenters. The second-order valence-electron chi connectivity index (χ2n) is 9.26. The molecular weight excluding hydrogens is 428 g/mol. The van der Waals surface area contributed by atoms with Crippen molar-refractivity contribution in [3.8, 4) is 17.0 Å². The van der Waals surface area contributed by atoms with Crippen molar-refractivity contribution in [2.24, 2.45) is 0 Å². The smallest absolute Gasteiger partial charge is 0.258 e. The monoisotopic (exact) mass is 454 g/mol. The van der Waals surface area contributed by atoms with Crippen LogP contribution < -0.4 is 21.7 Å². The second-order valence-corrected chi connectivity index (χ2v) is 9.26. The largest absolute Gasteiger partial charge is 0.508 e. The first-order valence-electron chi connectivity index (χ1n) is 11.7. The molecule has 3 heterocycles. The quantitative estimate of drug-likeness (QED) is 0.490. The number of phenols is 1. The van der Waals surface area contributed by atoms with Crippen molar-refractivity contribution in [1.29, 1.82) is 0 Å². The number of nitrogens with two attached hydrogens (primary N) is 1. The molecule has 1 fully saturated rings. The third kappa shape index (κ3) is 3.21. The van der Waals surface area contributed by atoms with Gasteiger partial charge in [0.25, 0.3) is 5.56 Å². The number of anilines is 1. The molecule has 2 aliphatic carbocycles. The van der Waals surface area contributed by atoms with E-state index in [9.17, 15) is 9.90 Å². The van der Waals surface area contributed by atoms with Gasteiger partial charge < -0.3 is 15.4 Å². The van der Waals surface area contributed by atoms with Gasteiger partial charge in [-0.25, -0.2) is 14.6 Å². The number of hydrogen-bond donors (Lipinski definition) is 2. The number of benzene rings is 1. The number of nitrogen functional groups attached to an aromatic ring is 1. The maximum atomic E-state index is 13.7. The fourth-order valence-corrected chi connectivity index (χ4v) is 5.17. The molecule has 1 aromatic carbocycles. The molecule has 3 N–H and O–H groups in total. The Kier molecular flexibility index (Phi) is 4.76. The maximum Gasteiger partial charge on any atom is 0.258 e. The number of rotatable bonds is 4. The molecule has 0 aliphatic heterocycles. The van der Waals surface area contributed by atoms with E-state index < -0.39 is 0 Å². The Balaban J connectivity index is 1.57. The van der Waals surface area contributed by atoms with Crippen LogP contribution in [0.4, 0.5) is 5.82 Å². The van der Waals surface area contributed by atoms with E-state index in [1.165, 1.54) is 11.9 Å². The summed E-state index contributed by atoms with van der Waals surface area (Å²) in [4.78, 5) is 22.3. The molecule has 8 nitrogen and oxygen atoms in total. The van der Waals surface area contributed by atoms with E-state index in [4.69, 9.17) is 10.8 Å². The summed E-state index contributed by atoms with van der Waals surface area (Å²) < 4.78 is 3.78. The van der Waals surface area contributed by atoms with Crippen LogP contribution in [0.3, 0.4) is 0 Å². The highest BCUT2D eigenvalue weighted by Crippen LogP contribution is 2.33. The van der Waals surface area contributed by atoms with Crippen molar-refractivity contribution in [3.05, 3.63) is 63.1 Å². The van der Waals surface area contributed by atoms with Crippen molar-refractivity contribution in [2.75, 3.05) is 5.73 Å². The summed E-state index contributed by atoms with van der Waals surface area (Å²) in [5.41, 5.74) is 10.4.